The molecule has 0 atom stereocenters. The lowest BCUT2D eigenvalue weighted by molar-refractivity contribution is 0.744. The zero-order valence-electron chi connectivity index (χ0n) is 15.4. The number of benzene rings is 1. The molecule has 1 fully saturated rings. The SMILES string of the molecule is c1ccc(CCNc2cc(-c3ccccn3)nc(NC3CCCC3)n2)cc1. The van der Waals surface area contributed by atoms with Gasteiger partial charge in [0, 0.05) is 24.8 Å². The standard InChI is InChI=1S/C22H25N5/c1-2-8-17(9-3-1)13-15-24-21-16-20(19-12-6-7-14-23-19)26-22(27-21)25-18-10-4-5-11-18/h1-3,6-9,12,14,16,18H,4-5,10-11,13,15H2,(H2,24,25,26,27). The van der Waals surface area contributed by atoms with Crippen molar-refractivity contribution in [1.82, 2.24) is 15.0 Å². The quantitative estimate of drug-likeness (QED) is 0.648. The van der Waals surface area contributed by atoms with Crippen LogP contribution in [0.2, 0.25) is 0 Å². The second-order valence-electron chi connectivity index (χ2n) is 6.97. The Morgan fingerprint density at radius 2 is 1.70 bits per heavy atom. The Morgan fingerprint density at radius 1 is 0.889 bits per heavy atom. The molecule has 3 aromatic rings. The number of rotatable bonds is 7. The number of hydrogen-bond acceptors (Lipinski definition) is 5. The van der Waals surface area contributed by atoms with Crippen LogP contribution >= 0.6 is 0 Å². The molecule has 5 nitrogen and oxygen atoms in total. The number of anilines is 2. The van der Waals surface area contributed by atoms with Crippen LogP contribution in [-0.4, -0.2) is 27.5 Å². The summed E-state index contributed by atoms with van der Waals surface area (Å²) in [6.45, 7) is 0.825. The molecule has 1 aromatic carbocycles. The molecule has 0 amide bonds. The number of nitrogens with one attached hydrogen (secondary N) is 2. The van der Waals surface area contributed by atoms with Crippen LogP contribution in [0.5, 0.6) is 0 Å². The summed E-state index contributed by atoms with van der Waals surface area (Å²) in [7, 11) is 0. The fourth-order valence-electron chi connectivity index (χ4n) is 3.48. The van der Waals surface area contributed by atoms with Gasteiger partial charge in [-0.05, 0) is 37.0 Å². The average Bonchev–Trinajstić information content (AvgIpc) is 3.22. The topological polar surface area (TPSA) is 62.7 Å². The third-order valence-electron chi connectivity index (χ3n) is 4.90. The Hall–Kier alpha value is -2.95. The third kappa shape index (κ3) is 4.82. The number of pyridine rings is 1. The summed E-state index contributed by atoms with van der Waals surface area (Å²) in [5.41, 5.74) is 3.02. The minimum Gasteiger partial charge on any atom is -0.370 e. The van der Waals surface area contributed by atoms with Crippen molar-refractivity contribution in [1.29, 1.82) is 0 Å². The van der Waals surface area contributed by atoms with Gasteiger partial charge in [0.2, 0.25) is 5.95 Å². The van der Waals surface area contributed by atoms with E-state index in [2.05, 4.69) is 39.9 Å². The smallest absolute Gasteiger partial charge is 0.225 e. The second kappa shape index (κ2) is 8.62. The minimum absolute atomic E-state index is 0.473. The van der Waals surface area contributed by atoms with Gasteiger partial charge in [0.05, 0.1) is 11.4 Å². The van der Waals surface area contributed by atoms with E-state index in [0.717, 1.165) is 30.2 Å². The molecule has 0 aliphatic heterocycles. The highest BCUT2D eigenvalue weighted by atomic mass is 15.2. The van der Waals surface area contributed by atoms with E-state index in [-0.39, 0.29) is 0 Å². The van der Waals surface area contributed by atoms with Crippen LogP contribution < -0.4 is 10.6 Å². The van der Waals surface area contributed by atoms with Gasteiger partial charge in [-0.1, -0.05) is 49.2 Å². The molecule has 2 aromatic heterocycles. The molecule has 1 saturated carbocycles. The van der Waals surface area contributed by atoms with E-state index in [0.29, 0.717) is 12.0 Å². The number of hydrogen-bond donors (Lipinski definition) is 2. The highest BCUT2D eigenvalue weighted by Crippen LogP contribution is 2.24. The summed E-state index contributed by atoms with van der Waals surface area (Å²) in [6, 6.07) is 18.8. The summed E-state index contributed by atoms with van der Waals surface area (Å²) >= 11 is 0. The molecule has 0 spiro atoms. The van der Waals surface area contributed by atoms with Crippen LogP contribution in [0.25, 0.3) is 11.4 Å². The predicted molar refractivity (Wildman–Crippen MR) is 110 cm³/mol. The largest absolute Gasteiger partial charge is 0.370 e. The molecule has 0 bridgehead atoms. The Morgan fingerprint density at radius 3 is 2.48 bits per heavy atom. The fraction of sp³-hybridized carbons (Fsp3) is 0.318. The molecule has 138 valence electrons. The zero-order chi connectivity index (χ0) is 18.3. The number of aromatic nitrogens is 3. The normalized spacial score (nSPS) is 14.2. The maximum Gasteiger partial charge on any atom is 0.225 e. The van der Waals surface area contributed by atoms with Crippen LogP contribution in [0, 0.1) is 0 Å². The molecule has 1 aliphatic rings. The van der Waals surface area contributed by atoms with E-state index >= 15 is 0 Å². The van der Waals surface area contributed by atoms with Crippen LogP contribution in [0.1, 0.15) is 31.2 Å². The monoisotopic (exact) mass is 359 g/mol. The van der Waals surface area contributed by atoms with Gasteiger partial charge in [-0.15, -0.1) is 0 Å². The molecule has 27 heavy (non-hydrogen) atoms. The summed E-state index contributed by atoms with van der Waals surface area (Å²) in [5.74, 6) is 1.52. The Balaban J connectivity index is 1.51. The van der Waals surface area contributed by atoms with Crippen molar-refractivity contribution in [2.45, 2.75) is 38.1 Å². The highest BCUT2D eigenvalue weighted by molar-refractivity contribution is 5.61. The number of nitrogens with zero attached hydrogens (tertiary/aromatic N) is 3. The first kappa shape index (κ1) is 17.5. The minimum atomic E-state index is 0.473. The van der Waals surface area contributed by atoms with Gasteiger partial charge in [-0.25, -0.2) is 4.98 Å². The van der Waals surface area contributed by atoms with Gasteiger partial charge in [0.15, 0.2) is 0 Å². The summed E-state index contributed by atoms with van der Waals surface area (Å²) in [6.07, 6.45) is 7.68. The van der Waals surface area contributed by atoms with Gasteiger partial charge in [-0.2, -0.15) is 4.98 Å². The summed E-state index contributed by atoms with van der Waals surface area (Å²) in [5, 5.41) is 6.96. The van der Waals surface area contributed by atoms with E-state index in [1.54, 1.807) is 6.20 Å². The lowest BCUT2D eigenvalue weighted by Gasteiger charge is -2.14. The second-order valence-corrected chi connectivity index (χ2v) is 6.97. The van der Waals surface area contributed by atoms with Crippen molar-refractivity contribution in [3.8, 4) is 11.4 Å². The Kier molecular flexibility index (Phi) is 5.58. The van der Waals surface area contributed by atoms with Crippen LogP contribution in [0.15, 0.2) is 60.8 Å². The molecule has 0 radical (unpaired) electrons. The van der Waals surface area contributed by atoms with Gasteiger partial charge >= 0.3 is 0 Å². The van der Waals surface area contributed by atoms with Crippen LogP contribution in [0.4, 0.5) is 11.8 Å². The summed E-state index contributed by atoms with van der Waals surface area (Å²) < 4.78 is 0. The van der Waals surface area contributed by atoms with E-state index in [1.165, 1.54) is 31.2 Å². The molecular weight excluding hydrogens is 334 g/mol. The first-order valence-corrected chi connectivity index (χ1v) is 9.72. The molecular formula is C22H25N5. The predicted octanol–water partition coefficient (Wildman–Crippen LogP) is 4.55. The van der Waals surface area contributed by atoms with Crippen molar-refractivity contribution >= 4 is 11.8 Å². The van der Waals surface area contributed by atoms with Gasteiger partial charge < -0.3 is 10.6 Å². The van der Waals surface area contributed by atoms with Crippen molar-refractivity contribution in [2.75, 3.05) is 17.2 Å². The molecule has 2 N–H and O–H groups in total. The van der Waals surface area contributed by atoms with Crippen molar-refractivity contribution < 1.29 is 0 Å². The molecule has 5 heteroatoms. The Bertz CT molecular complexity index is 845. The zero-order valence-corrected chi connectivity index (χ0v) is 15.4. The van der Waals surface area contributed by atoms with Crippen LogP contribution in [0.3, 0.4) is 0 Å². The van der Waals surface area contributed by atoms with Crippen LogP contribution in [-0.2, 0) is 6.42 Å². The molecule has 1 aliphatic carbocycles. The lowest BCUT2D eigenvalue weighted by Crippen LogP contribution is -2.18. The van der Waals surface area contributed by atoms with Crippen molar-refractivity contribution in [3.05, 3.63) is 66.4 Å². The molecule has 2 heterocycles. The molecule has 0 saturated heterocycles. The highest BCUT2D eigenvalue weighted by Gasteiger charge is 2.17. The van der Waals surface area contributed by atoms with E-state index in [1.807, 2.05) is 30.3 Å². The first-order chi connectivity index (χ1) is 13.4. The first-order valence-electron chi connectivity index (χ1n) is 9.72. The summed E-state index contributed by atoms with van der Waals surface area (Å²) in [4.78, 5) is 13.8. The average molecular weight is 359 g/mol. The molecule has 4 rings (SSSR count). The van der Waals surface area contributed by atoms with Crippen molar-refractivity contribution in [3.63, 3.8) is 0 Å². The van der Waals surface area contributed by atoms with Crippen molar-refractivity contribution in [2.24, 2.45) is 0 Å². The molecule has 0 unspecified atom stereocenters. The third-order valence-corrected chi connectivity index (χ3v) is 4.90. The Labute approximate surface area is 160 Å². The maximum absolute atomic E-state index is 4.71. The van der Waals surface area contributed by atoms with Gasteiger partial charge in [0.25, 0.3) is 0 Å². The lowest BCUT2D eigenvalue weighted by atomic mass is 10.1. The maximum atomic E-state index is 4.71. The van der Waals surface area contributed by atoms with Gasteiger partial charge in [0.1, 0.15) is 5.82 Å². The van der Waals surface area contributed by atoms with E-state index < -0.39 is 0 Å². The van der Waals surface area contributed by atoms with E-state index in [9.17, 15) is 0 Å². The van der Waals surface area contributed by atoms with Gasteiger partial charge in [-0.3, -0.25) is 4.98 Å². The fourth-order valence-corrected chi connectivity index (χ4v) is 3.48. The van der Waals surface area contributed by atoms with E-state index in [4.69, 9.17) is 9.97 Å².